The first kappa shape index (κ1) is 19.1. The van der Waals surface area contributed by atoms with Gasteiger partial charge < -0.3 is 10.2 Å². The van der Waals surface area contributed by atoms with E-state index in [1.165, 1.54) is 6.08 Å². The van der Waals surface area contributed by atoms with Gasteiger partial charge in [0, 0.05) is 37.5 Å². The van der Waals surface area contributed by atoms with Gasteiger partial charge in [0.2, 0.25) is 0 Å². The van der Waals surface area contributed by atoms with Gasteiger partial charge in [0.1, 0.15) is 0 Å². The number of carbonyl (C=O) groups is 2. The van der Waals surface area contributed by atoms with Crippen LogP contribution in [0.3, 0.4) is 0 Å². The number of benzene rings is 3. The van der Waals surface area contributed by atoms with Crippen LogP contribution in [0.4, 0.5) is 5.69 Å². The highest BCUT2D eigenvalue weighted by molar-refractivity contribution is 6.13. The van der Waals surface area contributed by atoms with Gasteiger partial charge in [-0.05, 0) is 35.4 Å². The maximum Gasteiger partial charge on any atom is 0.255 e. The van der Waals surface area contributed by atoms with Gasteiger partial charge in [-0.15, -0.1) is 0 Å². The van der Waals surface area contributed by atoms with E-state index in [1.54, 1.807) is 41.4 Å². The van der Waals surface area contributed by atoms with Crippen LogP contribution in [0.2, 0.25) is 0 Å². The van der Waals surface area contributed by atoms with Crippen molar-refractivity contribution in [3.63, 3.8) is 0 Å². The summed E-state index contributed by atoms with van der Waals surface area (Å²) in [6, 6.07) is 24.3. The summed E-state index contributed by atoms with van der Waals surface area (Å²) in [5.74, 6) is -0.423. The molecule has 140 valence electrons. The first-order chi connectivity index (χ1) is 13.5. The molecule has 0 aromatic heterocycles. The lowest BCUT2D eigenvalue weighted by atomic mass is 10.00. The van der Waals surface area contributed by atoms with Crippen molar-refractivity contribution in [2.45, 2.75) is 0 Å². The van der Waals surface area contributed by atoms with E-state index in [0.29, 0.717) is 16.8 Å². The molecule has 1 N–H and O–H groups in total. The van der Waals surface area contributed by atoms with Gasteiger partial charge in [-0.25, -0.2) is 0 Å². The van der Waals surface area contributed by atoms with Crippen molar-refractivity contribution in [3.05, 3.63) is 102 Å². The molecule has 0 saturated carbocycles. The summed E-state index contributed by atoms with van der Waals surface area (Å²) in [4.78, 5) is 27.1. The Balaban J connectivity index is 1.99. The maximum atomic E-state index is 12.7. The molecule has 4 heteroatoms. The van der Waals surface area contributed by atoms with Crippen molar-refractivity contribution >= 4 is 17.4 Å². The van der Waals surface area contributed by atoms with Gasteiger partial charge in [0.05, 0.1) is 5.69 Å². The molecule has 0 spiro atoms. The second-order valence-corrected chi connectivity index (χ2v) is 6.59. The van der Waals surface area contributed by atoms with Crippen LogP contribution in [0, 0.1) is 0 Å². The number of rotatable bonds is 6. The summed E-state index contributed by atoms with van der Waals surface area (Å²) < 4.78 is 0. The highest BCUT2D eigenvalue weighted by atomic mass is 16.1. The third-order valence-corrected chi connectivity index (χ3v) is 4.20. The van der Waals surface area contributed by atoms with Crippen LogP contribution in [-0.4, -0.2) is 30.7 Å². The molecule has 0 aliphatic carbocycles. The van der Waals surface area contributed by atoms with E-state index in [4.69, 9.17) is 0 Å². The lowest BCUT2D eigenvalue weighted by Gasteiger charge is -2.12. The van der Waals surface area contributed by atoms with Crippen LogP contribution < -0.4 is 5.32 Å². The fraction of sp³-hybridized carbons (Fsp3) is 0.0833. The Bertz CT molecular complexity index is 994. The second kappa shape index (κ2) is 8.82. The fourth-order valence-corrected chi connectivity index (χ4v) is 2.76. The molecule has 0 bridgehead atoms. The van der Waals surface area contributed by atoms with Crippen LogP contribution in [0.1, 0.15) is 20.7 Å². The number of hydrogen-bond acceptors (Lipinski definition) is 3. The molecule has 0 fully saturated rings. The molecule has 0 radical (unpaired) electrons. The van der Waals surface area contributed by atoms with Crippen molar-refractivity contribution in [1.29, 1.82) is 0 Å². The largest absolute Gasteiger partial charge is 0.383 e. The topological polar surface area (TPSA) is 49.4 Å². The van der Waals surface area contributed by atoms with Crippen LogP contribution in [0.25, 0.3) is 11.1 Å². The van der Waals surface area contributed by atoms with E-state index in [2.05, 4.69) is 5.32 Å². The Morgan fingerprint density at radius 2 is 1.46 bits per heavy atom. The minimum Gasteiger partial charge on any atom is -0.383 e. The van der Waals surface area contributed by atoms with E-state index in [1.807, 2.05) is 62.6 Å². The Morgan fingerprint density at radius 3 is 2.11 bits per heavy atom. The standard InChI is InChI=1S/C24H22N2O2/c1-26(2)16-15-23(27)21-14-13-20(18-9-5-3-6-10-18)17-22(21)25-24(28)19-11-7-4-8-12-19/h3-17H,1-2H3,(H,25,28)/b16-15+. The molecule has 0 heterocycles. The first-order valence-electron chi connectivity index (χ1n) is 8.99. The Kier molecular flexibility index (Phi) is 6.02. The average Bonchev–Trinajstić information content (AvgIpc) is 2.73. The highest BCUT2D eigenvalue weighted by Gasteiger charge is 2.14. The predicted octanol–water partition coefficient (Wildman–Crippen LogP) is 4.86. The summed E-state index contributed by atoms with van der Waals surface area (Å²) in [5, 5.41) is 2.90. The van der Waals surface area contributed by atoms with E-state index < -0.39 is 0 Å². The Morgan fingerprint density at radius 1 is 0.821 bits per heavy atom. The summed E-state index contributed by atoms with van der Waals surface area (Å²) >= 11 is 0. The van der Waals surface area contributed by atoms with Crippen LogP contribution in [0.15, 0.2) is 91.1 Å². The van der Waals surface area contributed by atoms with Crippen molar-refractivity contribution < 1.29 is 9.59 Å². The fourth-order valence-electron chi connectivity index (χ4n) is 2.76. The van der Waals surface area contributed by atoms with Gasteiger partial charge in [0.15, 0.2) is 5.78 Å². The Labute approximate surface area is 165 Å². The molecule has 0 unspecified atom stereocenters. The number of anilines is 1. The zero-order chi connectivity index (χ0) is 19.9. The molecule has 3 aromatic carbocycles. The van der Waals surface area contributed by atoms with Crippen molar-refractivity contribution in [3.8, 4) is 11.1 Å². The van der Waals surface area contributed by atoms with Crippen molar-refractivity contribution in [2.75, 3.05) is 19.4 Å². The summed E-state index contributed by atoms with van der Waals surface area (Å²) in [6.07, 6.45) is 3.19. The molecule has 0 aliphatic rings. The number of hydrogen-bond donors (Lipinski definition) is 1. The minimum absolute atomic E-state index is 0.170. The number of allylic oxidation sites excluding steroid dienone is 1. The first-order valence-corrected chi connectivity index (χ1v) is 8.99. The van der Waals surface area contributed by atoms with Gasteiger partial charge >= 0.3 is 0 Å². The Hall–Kier alpha value is -3.66. The van der Waals surface area contributed by atoms with E-state index in [9.17, 15) is 9.59 Å². The van der Waals surface area contributed by atoms with Gasteiger partial charge in [-0.3, -0.25) is 9.59 Å². The monoisotopic (exact) mass is 370 g/mol. The predicted molar refractivity (Wildman–Crippen MR) is 113 cm³/mol. The van der Waals surface area contributed by atoms with E-state index in [-0.39, 0.29) is 11.7 Å². The smallest absolute Gasteiger partial charge is 0.255 e. The molecule has 0 aliphatic heterocycles. The van der Waals surface area contributed by atoms with Gasteiger partial charge in [0.25, 0.3) is 5.91 Å². The van der Waals surface area contributed by atoms with Crippen LogP contribution >= 0.6 is 0 Å². The number of ketones is 1. The molecular weight excluding hydrogens is 348 g/mol. The third-order valence-electron chi connectivity index (χ3n) is 4.20. The summed E-state index contributed by atoms with van der Waals surface area (Å²) in [6.45, 7) is 0. The van der Waals surface area contributed by atoms with Crippen LogP contribution in [0.5, 0.6) is 0 Å². The molecule has 3 rings (SSSR count). The number of nitrogens with one attached hydrogen (secondary N) is 1. The zero-order valence-electron chi connectivity index (χ0n) is 15.9. The number of amides is 1. The summed E-state index contributed by atoms with van der Waals surface area (Å²) in [5.41, 5.74) is 3.41. The van der Waals surface area contributed by atoms with E-state index >= 15 is 0 Å². The normalized spacial score (nSPS) is 10.6. The van der Waals surface area contributed by atoms with Crippen molar-refractivity contribution in [1.82, 2.24) is 4.90 Å². The quantitative estimate of drug-likeness (QED) is 0.498. The third kappa shape index (κ3) is 4.74. The second-order valence-electron chi connectivity index (χ2n) is 6.59. The molecule has 28 heavy (non-hydrogen) atoms. The average molecular weight is 370 g/mol. The molecule has 0 saturated heterocycles. The van der Waals surface area contributed by atoms with Gasteiger partial charge in [-0.2, -0.15) is 0 Å². The van der Waals surface area contributed by atoms with Crippen LogP contribution in [-0.2, 0) is 0 Å². The van der Waals surface area contributed by atoms with Gasteiger partial charge in [-0.1, -0.05) is 54.6 Å². The molecule has 3 aromatic rings. The maximum absolute atomic E-state index is 12.7. The molecule has 1 amide bonds. The van der Waals surface area contributed by atoms with E-state index in [0.717, 1.165) is 11.1 Å². The molecule has 0 atom stereocenters. The summed E-state index contributed by atoms with van der Waals surface area (Å²) in [7, 11) is 3.70. The SMILES string of the molecule is CN(C)/C=C/C(=O)c1ccc(-c2ccccc2)cc1NC(=O)c1ccccc1. The molecule has 4 nitrogen and oxygen atoms in total. The number of carbonyl (C=O) groups excluding carboxylic acids is 2. The molecular formula is C24H22N2O2. The number of nitrogens with zero attached hydrogens (tertiary/aromatic N) is 1. The highest BCUT2D eigenvalue weighted by Crippen LogP contribution is 2.27. The lowest BCUT2D eigenvalue weighted by molar-refractivity contribution is 0.102. The lowest BCUT2D eigenvalue weighted by Crippen LogP contribution is -2.14. The zero-order valence-corrected chi connectivity index (χ0v) is 15.9. The van der Waals surface area contributed by atoms with Crippen molar-refractivity contribution in [2.24, 2.45) is 0 Å². The minimum atomic E-state index is -0.253.